The number of hydrogen-bond acceptors (Lipinski definition) is 4. The summed E-state index contributed by atoms with van der Waals surface area (Å²) in [6.45, 7) is 6.08. The van der Waals surface area contributed by atoms with Crippen molar-refractivity contribution in [3.8, 4) is 0 Å². The van der Waals surface area contributed by atoms with Crippen LogP contribution < -0.4 is 5.32 Å². The Kier molecular flexibility index (Phi) is 9.08. The quantitative estimate of drug-likeness (QED) is 0.613. The van der Waals surface area contributed by atoms with Crippen molar-refractivity contribution in [2.45, 2.75) is 51.7 Å². The number of hydrogen-bond donors (Lipinski definition) is 2. The molecule has 0 aliphatic heterocycles. The van der Waals surface area contributed by atoms with Crippen molar-refractivity contribution in [3.63, 3.8) is 0 Å². The van der Waals surface area contributed by atoms with Crippen molar-refractivity contribution >= 4 is 11.3 Å². The Labute approximate surface area is 121 Å². The molecule has 1 heterocycles. The molecule has 1 unspecified atom stereocenters. The van der Waals surface area contributed by atoms with Gasteiger partial charge in [0.05, 0.1) is 12.7 Å². The summed E-state index contributed by atoms with van der Waals surface area (Å²) in [5, 5.41) is 15.2. The molecule has 0 spiro atoms. The number of aliphatic hydroxyl groups excluding tert-OH is 1. The third-order valence-electron chi connectivity index (χ3n) is 3.08. The third-order valence-corrected chi connectivity index (χ3v) is 4.14. The topological polar surface area (TPSA) is 41.5 Å². The van der Waals surface area contributed by atoms with Crippen LogP contribution in [0.1, 0.15) is 50.4 Å². The van der Waals surface area contributed by atoms with Crippen molar-refractivity contribution in [3.05, 3.63) is 22.4 Å². The maximum Gasteiger partial charge on any atom is 0.0897 e. The van der Waals surface area contributed by atoms with E-state index in [0.717, 1.165) is 13.0 Å². The van der Waals surface area contributed by atoms with Gasteiger partial charge in [-0.2, -0.15) is 0 Å². The number of thiophene rings is 1. The molecule has 0 bridgehead atoms. The van der Waals surface area contributed by atoms with Gasteiger partial charge in [-0.05, 0) is 24.8 Å². The molecule has 0 saturated carbocycles. The first-order chi connectivity index (χ1) is 9.24. The number of aliphatic hydroxyl groups is 1. The van der Waals surface area contributed by atoms with E-state index in [0.29, 0.717) is 19.2 Å². The maximum absolute atomic E-state index is 9.81. The molecular formula is C15H27NO2S. The minimum atomic E-state index is -0.423. The van der Waals surface area contributed by atoms with E-state index in [2.05, 4.69) is 30.6 Å². The zero-order chi connectivity index (χ0) is 13.9. The van der Waals surface area contributed by atoms with Gasteiger partial charge in [0.2, 0.25) is 0 Å². The highest BCUT2D eigenvalue weighted by Gasteiger charge is 2.09. The lowest BCUT2D eigenvalue weighted by molar-refractivity contribution is 0.0344. The first kappa shape index (κ1) is 16.6. The van der Waals surface area contributed by atoms with Crippen molar-refractivity contribution in [1.29, 1.82) is 0 Å². The van der Waals surface area contributed by atoms with Crippen LogP contribution in [-0.4, -0.2) is 31.0 Å². The summed E-state index contributed by atoms with van der Waals surface area (Å²) in [5.74, 6) is 0. The lowest BCUT2D eigenvalue weighted by Crippen LogP contribution is -2.32. The van der Waals surface area contributed by atoms with E-state index in [4.69, 9.17) is 4.74 Å². The van der Waals surface area contributed by atoms with E-state index in [1.54, 1.807) is 11.3 Å². The normalized spacial score (nSPS) is 14.5. The van der Waals surface area contributed by atoms with Gasteiger partial charge in [0.1, 0.15) is 0 Å². The van der Waals surface area contributed by atoms with E-state index in [1.165, 1.54) is 24.1 Å². The second kappa shape index (κ2) is 10.4. The summed E-state index contributed by atoms with van der Waals surface area (Å²) >= 11 is 1.74. The van der Waals surface area contributed by atoms with Crippen LogP contribution in [0.15, 0.2) is 17.5 Å². The molecule has 0 radical (unpaired) electrons. The van der Waals surface area contributed by atoms with Gasteiger partial charge >= 0.3 is 0 Å². The molecule has 0 amide bonds. The van der Waals surface area contributed by atoms with Crippen LogP contribution >= 0.6 is 11.3 Å². The molecule has 2 atom stereocenters. The number of unbranched alkanes of at least 4 members (excludes halogenated alkanes) is 3. The van der Waals surface area contributed by atoms with Gasteiger partial charge in [-0.3, -0.25) is 0 Å². The second-order valence-corrected chi connectivity index (χ2v) is 5.91. The summed E-state index contributed by atoms with van der Waals surface area (Å²) in [4.78, 5) is 1.30. The fraction of sp³-hybridized carbons (Fsp3) is 0.733. The average molecular weight is 285 g/mol. The van der Waals surface area contributed by atoms with E-state index in [9.17, 15) is 5.11 Å². The van der Waals surface area contributed by atoms with Crippen molar-refractivity contribution in [2.24, 2.45) is 0 Å². The summed E-state index contributed by atoms with van der Waals surface area (Å²) in [7, 11) is 0. The molecule has 110 valence electrons. The third kappa shape index (κ3) is 7.67. The van der Waals surface area contributed by atoms with Gasteiger partial charge in [-0.15, -0.1) is 11.3 Å². The zero-order valence-corrected chi connectivity index (χ0v) is 12.9. The predicted octanol–water partition coefficient (Wildman–Crippen LogP) is 3.36. The number of ether oxygens (including phenoxy) is 1. The van der Waals surface area contributed by atoms with E-state index < -0.39 is 6.10 Å². The molecule has 1 aromatic rings. The van der Waals surface area contributed by atoms with E-state index >= 15 is 0 Å². The Morgan fingerprint density at radius 1 is 1.37 bits per heavy atom. The van der Waals surface area contributed by atoms with Crippen LogP contribution in [0, 0.1) is 0 Å². The maximum atomic E-state index is 9.81. The lowest BCUT2D eigenvalue weighted by Gasteiger charge is -2.16. The van der Waals surface area contributed by atoms with Gasteiger partial charge in [0, 0.05) is 24.1 Å². The molecule has 1 aromatic heterocycles. The van der Waals surface area contributed by atoms with Gasteiger partial charge in [0.15, 0.2) is 0 Å². The molecule has 0 saturated heterocycles. The Morgan fingerprint density at radius 2 is 2.21 bits per heavy atom. The van der Waals surface area contributed by atoms with E-state index in [-0.39, 0.29) is 0 Å². The zero-order valence-electron chi connectivity index (χ0n) is 12.1. The molecule has 0 aliphatic rings. The van der Waals surface area contributed by atoms with Gasteiger partial charge in [-0.25, -0.2) is 0 Å². The Hall–Kier alpha value is -0.420. The smallest absolute Gasteiger partial charge is 0.0897 e. The van der Waals surface area contributed by atoms with Gasteiger partial charge in [-0.1, -0.05) is 32.3 Å². The first-order valence-electron chi connectivity index (χ1n) is 7.26. The van der Waals surface area contributed by atoms with E-state index in [1.807, 2.05) is 6.07 Å². The first-order valence-corrected chi connectivity index (χ1v) is 8.14. The molecule has 4 heteroatoms. The minimum absolute atomic E-state index is 0.291. The standard InChI is InChI=1S/C15H27NO2S/c1-3-4-5-6-9-18-12-14(17)11-16-13(2)15-8-7-10-19-15/h7-8,10,13-14,16-17H,3-6,9,11-12H2,1-2H3/t13-,14?/m0/s1. The molecule has 1 rings (SSSR count). The summed E-state index contributed by atoms with van der Waals surface area (Å²) in [5.41, 5.74) is 0. The Morgan fingerprint density at radius 3 is 2.89 bits per heavy atom. The molecule has 19 heavy (non-hydrogen) atoms. The Balaban J connectivity index is 2.00. The van der Waals surface area contributed by atoms with Crippen molar-refractivity contribution < 1.29 is 9.84 Å². The van der Waals surface area contributed by atoms with Gasteiger partial charge in [0.25, 0.3) is 0 Å². The highest BCUT2D eigenvalue weighted by atomic mass is 32.1. The van der Waals surface area contributed by atoms with Gasteiger partial charge < -0.3 is 15.2 Å². The summed E-state index contributed by atoms with van der Waals surface area (Å²) < 4.78 is 5.48. The largest absolute Gasteiger partial charge is 0.389 e. The Bertz CT molecular complexity index is 303. The molecule has 2 N–H and O–H groups in total. The molecule has 0 aliphatic carbocycles. The van der Waals surface area contributed by atoms with Crippen molar-refractivity contribution in [2.75, 3.05) is 19.8 Å². The molecule has 0 aromatic carbocycles. The molecule has 0 fully saturated rings. The number of rotatable bonds is 11. The molecule has 3 nitrogen and oxygen atoms in total. The SMILES string of the molecule is CCCCCCOCC(O)CN[C@@H](C)c1cccs1. The monoisotopic (exact) mass is 285 g/mol. The van der Waals surface area contributed by atoms with Crippen LogP contribution in [0.25, 0.3) is 0 Å². The van der Waals surface area contributed by atoms with Crippen LogP contribution in [0.4, 0.5) is 0 Å². The number of nitrogens with one attached hydrogen (secondary N) is 1. The summed E-state index contributed by atoms with van der Waals surface area (Å²) in [6.07, 6.45) is 4.41. The highest BCUT2D eigenvalue weighted by molar-refractivity contribution is 7.10. The van der Waals surface area contributed by atoms with Crippen LogP contribution in [0.2, 0.25) is 0 Å². The summed E-state index contributed by atoms with van der Waals surface area (Å²) in [6, 6.07) is 4.45. The highest BCUT2D eigenvalue weighted by Crippen LogP contribution is 2.17. The predicted molar refractivity (Wildman–Crippen MR) is 81.7 cm³/mol. The second-order valence-electron chi connectivity index (χ2n) is 4.93. The van der Waals surface area contributed by atoms with Crippen molar-refractivity contribution in [1.82, 2.24) is 5.32 Å². The van der Waals surface area contributed by atoms with Crippen LogP contribution in [0.3, 0.4) is 0 Å². The fourth-order valence-electron chi connectivity index (χ4n) is 1.86. The molecular weight excluding hydrogens is 258 g/mol. The fourth-order valence-corrected chi connectivity index (χ4v) is 2.62. The lowest BCUT2D eigenvalue weighted by atomic mass is 10.2. The minimum Gasteiger partial charge on any atom is -0.389 e. The van der Waals surface area contributed by atoms with Crippen LogP contribution in [-0.2, 0) is 4.74 Å². The van der Waals surface area contributed by atoms with Crippen LogP contribution in [0.5, 0.6) is 0 Å². The average Bonchev–Trinajstić information content (AvgIpc) is 2.94.